The number of aryl methyl sites for hydroxylation is 1. The van der Waals surface area contributed by atoms with Gasteiger partial charge < -0.3 is 24.3 Å². The average Bonchev–Trinajstić information content (AvgIpc) is 3.53. The summed E-state index contributed by atoms with van der Waals surface area (Å²) in [5, 5.41) is 7.73. The highest BCUT2D eigenvalue weighted by molar-refractivity contribution is 6.33. The van der Waals surface area contributed by atoms with Gasteiger partial charge in [-0.2, -0.15) is 13.9 Å². The highest BCUT2D eigenvalue weighted by Gasteiger charge is 2.34. The van der Waals surface area contributed by atoms with Gasteiger partial charge >= 0.3 is 6.61 Å². The van der Waals surface area contributed by atoms with Gasteiger partial charge in [-0.3, -0.25) is 9.48 Å². The van der Waals surface area contributed by atoms with E-state index in [2.05, 4.69) is 20.1 Å². The summed E-state index contributed by atoms with van der Waals surface area (Å²) in [5.74, 6) is 0.419. The van der Waals surface area contributed by atoms with Crippen molar-refractivity contribution in [3.8, 4) is 11.1 Å². The number of aromatic nitrogens is 4. The van der Waals surface area contributed by atoms with Crippen molar-refractivity contribution >= 4 is 29.1 Å². The van der Waals surface area contributed by atoms with E-state index < -0.39 is 25.1 Å². The van der Waals surface area contributed by atoms with E-state index in [9.17, 15) is 18.0 Å². The molecule has 5 rings (SSSR count). The predicted molar refractivity (Wildman–Crippen MR) is 142 cm³/mol. The number of methoxy groups -OCH3 is 1. The van der Waals surface area contributed by atoms with Gasteiger partial charge in [0.1, 0.15) is 23.1 Å². The molecule has 1 aromatic carbocycles. The van der Waals surface area contributed by atoms with Gasteiger partial charge in [-0.05, 0) is 35.4 Å². The van der Waals surface area contributed by atoms with Gasteiger partial charge in [-0.15, -0.1) is 0 Å². The normalized spacial score (nSPS) is 15.1. The van der Waals surface area contributed by atoms with Gasteiger partial charge in [0.15, 0.2) is 0 Å². The quantitative estimate of drug-likeness (QED) is 0.279. The zero-order valence-corrected chi connectivity index (χ0v) is 22.4. The molecule has 0 spiro atoms. The number of fused-ring (bicyclic) bond motifs is 1. The van der Waals surface area contributed by atoms with E-state index in [1.165, 1.54) is 31.5 Å². The van der Waals surface area contributed by atoms with E-state index in [1.54, 1.807) is 41.0 Å². The maximum Gasteiger partial charge on any atom is 0.345 e. The van der Waals surface area contributed by atoms with Crippen molar-refractivity contribution in [1.82, 2.24) is 24.2 Å². The van der Waals surface area contributed by atoms with Gasteiger partial charge in [0, 0.05) is 56.8 Å². The molecule has 0 radical (unpaired) electrons. The Morgan fingerprint density at radius 3 is 2.75 bits per heavy atom. The molecule has 1 N–H and O–H groups in total. The van der Waals surface area contributed by atoms with Crippen LogP contribution < -0.4 is 5.32 Å². The summed E-state index contributed by atoms with van der Waals surface area (Å²) in [6.45, 7) is -2.79. The van der Waals surface area contributed by atoms with E-state index in [-0.39, 0.29) is 19.1 Å². The third kappa shape index (κ3) is 5.83. The van der Waals surface area contributed by atoms with Crippen LogP contribution in [0.25, 0.3) is 11.1 Å². The maximum atomic E-state index is 14.1. The lowest BCUT2D eigenvalue weighted by Gasteiger charge is -2.36. The van der Waals surface area contributed by atoms with Crippen molar-refractivity contribution in [2.45, 2.75) is 32.3 Å². The van der Waals surface area contributed by atoms with Crippen molar-refractivity contribution < 1.29 is 27.4 Å². The number of anilines is 2. The topological polar surface area (TPSA) is 86.4 Å². The third-order valence-electron chi connectivity index (χ3n) is 6.70. The summed E-state index contributed by atoms with van der Waals surface area (Å²) in [5.41, 5.74) is 2.52. The van der Waals surface area contributed by atoms with Crippen LogP contribution in [0, 0.1) is 5.82 Å². The number of nitrogens with one attached hydrogen (secondary N) is 1. The second-order valence-electron chi connectivity index (χ2n) is 9.31. The Balaban J connectivity index is 1.45. The molecule has 40 heavy (non-hydrogen) atoms. The van der Waals surface area contributed by atoms with Crippen LogP contribution >= 0.6 is 11.6 Å². The molecule has 13 heteroatoms. The second-order valence-corrected chi connectivity index (χ2v) is 9.71. The van der Waals surface area contributed by atoms with Crippen LogP contribution in [0.2, 0.25) is 5.02 Å². The summed E-state index contributed by atoms with van der Waals surface area (Å²) in [6.07, 6.45) is 5.03. The Hall–Kier alpha value is -3.87. The first-order chi connectivity index (χ1) is 19.2. The molecule has 0 bridgehead atoms. The molecule has 1 atom stereocenters. The molecule has 1 aliphatic rings. The van der Waals surface area contributed by atoms with E-state index in [0.29, 0.717) is 45.3 Å². The number of nitrogens with zero attached hydrogens (tertiary/aromatic N) is 5. The Bertz CT molecular complexity index is 1530. The van der Waals surface area contributed by atoms with Gasteiger partial charge in [0.2, 0.25) is 0 Å². The van der Waals surface area contributed by atoms with Crippen molar-refractivity contribution in [1.29, 1.82) is 0 Å². The first kappa shape index (κ1) is 27.7. The number of hydrogen-bond donors (Lipinski definition) is 1. The predicted octanol–water partition coefficient (Wildman–Crippen LogP) is 5.23. The minimum absolute atomic E-state index is 0.0121. The van der Waals surface area contributed by atoms with Crippen LogP contribution in [0.3, 0.4) is 0 Å². The Morgan fingerprint density at radius 2 is 2.02 bits per heavy atom. The number of hydrogen-bond acceptors (Lipinski definition) is 6. The average molecular weight is 575 g/mol. The van der Waals surface area contributed by atoms with Crippen LogP contribution in [-0.4, -0.2) is 56.5 Å². The van der Waals surface area contributed by atoms with Crippen molar-refractivity contribution in [2.24, 2.45) is 7.05 Å². The van der Waals surface area contributed by atoms with E-state index >= 15 is 0 Å². The maximum absolute atomic E-state index is 14.1. The number of pyridine rings is 1. The third-order valence-corrected chi connectivity index (χ3v) is 7.00. The minimum atomic E-state index is -2.97. The van der Waals surface area contributed by atoms with Gasteiger partial charge in [-0.25, -0.2) is 9.37 Å². The fourth-order valence-electron chi connectivity index (χ4n) is 4.74. The van der Waals surface area contributed by atoms with Crippen molar-refractivity contribution in [2.75, 3.05) is 19.0 Å². The van der Waals surface area contributed by atoms with E-state index in [1.807, 2.05) is 10.8 Å². The lowest BCUT2D eigenvalue weighted by molar-refractivity contribution is -0.137. The Kier molecular flexibility index (Phi) is 8.10. The fraction of sp³-hybridized carbons (Fsp3) is 0.296. The monoisotopic (exact) mass is 574 g/mol. The number of carbonyl (C=O) groups is 1. The summed E-state index contributed by atoms with van der Waals surface area (Å²) in [7, 11) is 3.32. The molecule has 0 saturated heterocycles. The highest BCUT2D eigenvalue weighted by atomic mass is 35.5. The Labute approximate surface area is 233 Å². The molecule has 1 amide bonds. The zero-order chi connectivity index (χ0) is 28.4. The molecule has 0 aliphatic carbocycles. The largest absolute Gasteiger partial charge is 0.382 e. The van der Waals surface area contributed by atoms with Crippen LogP contribution in [-0.2, 0) is 36.2 Å². The zero-order valence-electron chi connectivity index (χ0n) is 21.7. The highest BCUT2D eigenvalue weighted by Crippen LogP contribution is 2.34. The first-order valence-electron chi connectivity index (χ1n) is 12.3. The lowest BCUT2D eigenvalue weighted by Crippen LogP contribution is -2.49. The molecule has 1 aliphatic heterocycles. The molecule has 0 unspecified atom stereocenters. The smallest absolute Gasteiger partial charge is 0.345 e. The summed E-state index contributed by atoms with van der Waals surface area (Å²) >= 11 is 6.51. The lowest BCUT2D eigenvalue weighted by atomic mass is 10.0. The standard InChI is InChI=1S/C27H26ClF3N6O3/c1-35-25(5-6-33-35)34-24-9-21(22(28)10-32-24)18-8-23-26(38)37(20(15-39-2)13-36(23)11-18)12-17-7-19(29)4-3-16(17)14-40-27(30)31/h3-11,20,27H,12-15H2,1-2H3,(H,32,34)/t20-/m1/s1. The minimum Gasteiger partial charge on any atom is -0.382 e. The molecule has 4 aromatic rings. The second kappa shape index (κ2) is 11.7. The summed E-state index contributed by atoms with van der Waals surface area (Å²) in [6, 6.07) is 8.72. The van der Waals surface area contributed by atoms with E-state index in [4.69, 9.17) is 16.3 Å². The first-order valence-corrected chi connectivity index (χ1v) is 12.7. The van der Waals surface area contributed by atoms with Gasteiger partial charge in [0.25, 0.3) is 5.91 Å². The van der Waals surface area contributed by atoms with Crippen LogP contribution in [0.4, 0.5) is 24.8 Å². The summed E-state index contributed by atoms with van der Waals surface area (Å²) in [4.78, 5) is 19.7. The number of ether oxygens (including phenoxy) is 2. The number of benzene rings is 1. The fourth-order valence-corrected chi connectivity index (χ4v) is 4.95. The van der Waals surface area contributed by atoms with Gasteiger partial charge in [0.05, 0.1) is 30.5 Å². The molecule has 9 nitrogen and oxygen atoms in total. The molecule has 3 aromatic heterocycles. The van der Waals surface area contributed by atoms with Crippen LogP contribution in [0.15, 0.2) is 55.0 Å². The number of carbonyl (C=O) groups excluding carboxylic acids is 1. The van der Waals surface area contributed by atoms with Crippen molar-refractivity contribution in [3.63, 3.8) is 0 Å². The molecule has 4 heterocycles. The van der Waals surface area contributed by atoms with Crippen LogP contribution in [0.5, 0.6) is 0 Å². The number of halogens is 4. The number of alkyl halides is 2. The molecule has 0 saturated carbocycles. The summed E-state index contributed by atoms with van der Waals surface area (Å²) < 4.78 is 52.8. The van der Waals surface area contributed by atoms with E-state index in [0.717, 1.165) is 5.82 Å². The molecular formula is C27H26ClF3N6O3. The number of amides is 1. The molecular weight excluding hydrogens is 549 g/mol. The molecule has 0 fully saturated rings. The van der Waals surface area contributed by atoms with Gasteiger partial charge in [-0.1, -0.05) is 17.7 Å². The SMILES string of the molecule is COC[C@H]1Cn2cc(-c3cc(Nc4ccnn4C)ncc3Cl)cc2C(=O)N1Cc1cc(F)ccc1COC(F)F. The molecule has 210 valence electrons. The number of rotatable bonds is 10. The van der Waals surface area contributed by atoms with Crippen molar-refractivity contribution in [3.05, 3.63) is 82.6 Å². The Morgan fingerprint density at radius 1 is 1.20 bits per heavy atom. The van der Waals surface area contributed by atoms with Crippen LogP contribution in [0.1, 0.15) is 21.6 Å².